The Morgan fingerprint density at radius 1 is 1.18 bits per heavy atom. The zero-order valence-corrected chi connectivity index (χ0v) is 11.0. The lowest BCUT2D eigenvalue weighted by molar-refractivity contribution is -0.153. The Morgan fingerprint density at radius 2 is 1.82 bits per heavy atom. The van der Waals surface area contributed by atoms with Crippen LogP contribution in [0, 0.1) is 0 Å². The first kappa shape index (κ1) is 15.6. The van der Waals surface area contributed by atoms with Crippen molar-refractivity contribution in [1.29, 1.82) is 0 Å². The van der Waals surface area contributed by atoms with Gasteiger partial charge in [0.15, 0.2) is 0 Å². The second kappa shape index (κ2) is 8.74. The van der Waals surface area contributed by atoms with Crippen molar-refractivity contribution < 1.29 is 14.3 Å². The standard InChI is InChI=1S/C14H22O3/c1-5-7-8-9-10-11(3)12(4)14(16)17-13(15)6-2/h6H,2,5,7-10H2,1,3-4H3. The van der Waals surface area contributed by atoms with Gasteiger partial charge in [0.25, 0.3) is 0 Å². The SMILES string of the molecule is C=CC(=O)OC(=O)C(C)=C(C)CCCCCC. The van der Waals surface area contributed by atoms with Gasteiger partial charge in [0, 0.05) is 11.6 Å². The number of hydrogen-bond donors (Lipinski definition) is 0. The number of esters is 2. The molecule has 0 saturated heterocycles. The van der Waals surface area contributed by atoms with Gasteiger partial charge in [-0.3, -0.25) is 0 Å². The number of carbonyl (C=O) groups excluding carboxylic acids is 2. The molecule has 0 saturated carbocycles. The first-order chi connectivity index (χ1) is 8.02. The highest BCUT2D eigenvalue weighted by atomic mass is 16.6. The van der Waals surface area contributed by atoms with Crippen LogP contribution >= 0.6 is 0 Å². The zero-order valence-electron chi connectivity index (χ0n) is 11.0. The third kappa shape index (κ3) is 6.72. The first-order valence-electron chi connectivity index (χ1n) is 6.07. The summed E-state index contributed by atoms with van der Waals surface area (Å²) in [5.74, 6) is -1.27. The lowest BCUT2D eigenvalue weighted by Crippen LogP contribution is -2.12. The molecule has 0 aliphatic heterocycles. The van der Waals surface area contributed by atoms with Crippen molar-refractivity contribution in [2.75, 3.05) is 0 Å². The number of ether oxygens (including phenoxy) is 1. The van der Waals surface area contributed by atoms with Gasteiger partial charge in [-0.1, -0.05) is 38.3 Å². The summed E-state index contributed by atoms with van der Waals surface area (Å²) >= 11 is 0. The van der Waals surface area contributed by atoms with Crippen LogP contribution in [0.2, 0.25) is 0 Å². The second-order valence-electron chi connectivity index (χ2n) is 4.13. The Labute approximate surface area is 104 Å². The van der Waals surface area contributed by atoms with E-state index in [1.54, 1.807) is 6.92 Å². The fourth-order valence-corrected chi connectivity index (χ4v) is 1.39. The van der Waals surface area contributed by atoms with Crippen molar-refractivity contribution in [1.82, 2.24) is 0 Å². The summed E-state index contributed by atoms with van der Waals surface area (Å²) < 4.78 is 4.56. The summed E-state index contributed by atoms with van der Waals surface area (Å²) in [6.07, 6.45) is 6.51. The highest BCUT2D eigenvalue weighted by molar-refractivity contribution is 5.99. The van der Waals surface area contributed by atoms with Gasteiger partial charge in [-0.2, -0.15) is 0 Å². The number of carbonyl (C=O) groups is 2. The van der Waals surface area contributed by atoms with E-state index >= 15 is 0 Å². The van der Waals surface area contributed by atoms with E-state index in [0.29, 0.717) is 5.57 Å². The quantitative estimate of drug-likeness (QED) is 0.295. The van der Waals surface area contributed by atoms with Gasteiger partial charge in [0.1, 0.15) is 0 Å². The molecule has 0 heterocycles. The van der Waals surface area contributed by atoms with Gasteiger partial charge in [0.2, 0.25) is 0 Å². The van der Waals surface area contributed by atoms with Crippen LogP contribution < -0.4 is 0 Å². The van der Waals surface area contributed by atoms with Crippen molar-refractivity contribution in [3.63, 3.8) is 0 Å². The third-order valence-electron chi connectivity index (χ3n) is 2.71. The predicted molar refractivity (Wildman–Crippen MR) is 68.4 cm³/mol. The van der Waals surface area contributed by atoms with Crippen molar-refractivity contribution in [2.24, 2.45) is 0 Å². The van der Waals surface area contributed by atoms with Crippen LogP contribution in [-0.4, -0.2) is 11.9 Å². The number of rotatable bonds is 7. The summed E-state index contributed by atoms with van der Waals surface area (Å²) in [4.78, 5) is 22.4. The third-order valence-corrected chi connectivity index (χ3v) is 2.71. The lowest BCUT2D eigenvalue weighted by atomic mass is 10.0. The number of allylic oxidation sites excluding steroid dienone is 1. The monoisotopic (exact) mass is 238 g/mol. The molecule has 0 bridgehead atoms. The molecule has 0 amide bonds. The van der Waals surface area contributed by atoms with E-state index in [9.17, 15) is 9.59 Å². The molecule has 0 aromatic carbocycles. The summed E-state index contributed by atoms with van der Waals surface area (Å²) in [5, 5.41) is 0. The Kier molecular flexibility index (Phi) is 8.03. The Hall–Kier alpha value is -1.38. The van der Waals surface area contributed by atoms with Gasteiger partial charge < -0.3 is 4.74 Å². The van der Waals surface area contributed by atoms with Crippen LogP contribution in [0.1, 0.15) is 52.9 Å². The van der Waals surface area contributed by atoms with Crippen molar-refractivity contribution >= 4 is 11.9 Å². The Morgan fingerprint density at radius 3 is 2.35 bits per heavy atom. The molecule has 0 unspecified atom stereocenters. The van der Waals surface area contributed by atoms with Gasteiger partial charge in [-0.05, 0) is 26.7 Å². The molecule has 0 aliphatic rings. The molecular formula is C14H22O3. The van der Waals surface area contributed by atoms with Gasteiger partial charge in [-0.15, -0.1) is 0 Å². The normalized spacial score (nSPS) is 11.7. The molecule has 3 heteroatoms. The molecule has 0 radical (unpaired) electrons. The minimum Gasteiger partial charge on any atom is -0.386 e. The molecule has 0 aromatic rings. The highest BCUT2D eigenvalue weighted by Gasteiger charge is 2.12. The maximum Gasteiger partial charge on any atom is 0.341 e. The van der Waals surface area contributed by atoms with Crippen molar-refractivity contribution in [3.8, 4) is 0 Å². The van der Waals surface area contributed by atoms with Crippen molar-refractivity contribution in [3.05, 3.63) is 23.8 Å². The fourth-order valence-electron chi connectivity index (χ4n) is 1.39. The van der Waals surface area contributed by atoms with E-state index in [1.807, 2.05) is 6.92 Å². The van der Waals surface area contributed by atoms with E-state index in [1.165, 1.54) is 19.3 Å². The molecule has 3 nitrogen and oxygen atoms in total. The average Bonchev–Trinajstić information content (AvgIpc) is 2.33. The van der Waals surface area contributed by atoms with Gasteiger partial charge >= 0.3 is 11.9 Å². The largest absolute Gasteiger partial charge is 0.386 e. The van der Waals surface area contributed by atoms with E-state index < -0.39 is 11.9 Å². The number of unbranched alkanes of at least 4 members (excludes halogenated alkanes) is 3. The average molecular weight is 238 g/mol. The number of hydrogen-bond acceptors (Lipinski definition) is 3. The van der Waals surface area contributed by atoms with E-state index in [0.717, 1.165) is 24.5 Å². The molecule has 0 atom stereocenters. The second-order valence-corrected chi connectivity index (χ2v) is 4.13. The minimum atomic E-state index is -0.701. The molecule has 0 aliphatic carbocycles. The Balaban J connectivity index is 4.22. The summed E-state index contributed by atoms with van der Waals surface area (Å²) in [6, 6.07) is 0. The van der Waals surface area contributed by atoms with E-state index in [4.69, 9.17) is 0 Å². The first-order valence-corrected chi connectivity index (χ1v) is 6.07. The summed E-state index contributed by atoms with van der Waals surface area (Å²) in [5.41, 5.74) is 1.51. The summed E-state index contributed by atoms with van der Waals surface area (Å²) in [7, 11) is 0. The smallest absolute Gasteiger partial charge is 0.341 e. The Bertz CT molecular complexity index is 313. The van der Waals surface area contributed by atoms with Crippen LogP contribution in [0.3, 0.4) is 0 Å². The molecule has 96 valence electrons. The molecular weight excluding hydrogens is 216 g/mol. The molecule has 0 spiro atoms. The molecule has 0 rings (SSSR count). The predicted octanol–water partition coefficient (Wildman–Crippen LogP) is 3.55. The lowest BCUT2D eigenvalue weighted by Gasteiger charge is -2.06. The van der Waals surface area contributed by atoms with Crippen LogP contribution in [0.4, 0.5) is 0 Å². The van der Waals surface area contributed by atoms with Crippen LogP contribution in [-0.2, 0) is 14.3 Å². The summed E-state index contributed by atoms with van der Waals surface area (Å²) in [6.45, 7) is 9.00. The molecule has 0 N–H and O–H groups in total. The van der Waals surface area contributed by atoms with E-state index in [2.05, 4.69) is 18.2 Å². The van der Waals surface area contributed by atoms with Gasteiger partial charge in [-0.25, -0.2) is 9.59 Å². The highest BCUT2D eigenvalue weighted by Crippen LogP contribution is 2.14. The topological polar surface area (TPSA) is 43.4 Å². The molecule has 17 heavy (non-hydrogen) atoms. The van der Waals surface area contributed by atoms with E-state index in [-0.39, 0.29) is 0 Å². The fraction of sp³-hybridized carbons (Fsp3) is 0.571. The zero-order chi connectivity index (χ0) is 13.3. The molecule has 0 fully saturated rings. The van der Waals surface area contributed by atoms with Crippen LogP contribution in [0.15, 0.2) is 23.8 Å². The maximum absolute atomic E-state index is 11.5. The maximum atomic E-state index is 11.5. The molecule has 0 aromatic heterocycles. The van der Waals surface area contributed by atoms with Gasteiger partial charge in [0.05, 0.1) is 0 Å². The minimum absolute atomic E-state index is 0.525. The van der Waals surface area contributed by atoms with Crippen molar-refractivity contribution in [2.45, 2.75) is 52.9 Å². The van der Waals surface area contributed by atoms with Crippen LogP contribution in [0.5, 0.6) is 0 Å². The van der Waals surface area contributed by atoms with Crippen LogP contribution in [0.25, 0.3) is 0 Å².